The zero-order valence-corrected chi connectivity index (χ0v) is 17.8. The van der Waals surface area contributed by atoms with Gasteiger partial charge in [-0.2, -0.15) is 0 Å². The maximum atomic E-state index is 14.6. The van der Waals surface area contributed by atoms with Crippen LogP contribution in [0.5, 0.6) is 11.5 Å². The number of anilines is 1. The molecule has 6 nitrogen and oxygen atoms in total. The first-order valence-corrected chi connectivity index (χ1v) is 10.3. The SMILES string of the molecule is COc1ccc(OC)c(/C(O)=C2/C(=O)C(=O)N(c3cc(F)ccc3F)C2c2cccs2)c1. The fourth-order valence-corrected chi connectivity index (χ4v) is 4.44. The van der Waals surface area contributed by atoms with Gasteiger partial charge in [0.05, 0.1) is 31.0 Å². The number of Topliss-reactive ketones (excluding diaryl/α,β-unsaturated/α-hetero) is 1. The number of rotatable bonds is 5. The molecule has 0 radical (unpaired) electrons. The molecule has 1 atom stereocenters. The van der Waals surface area contributed by atoms with Crippen LogP contribution in [0.3, 0.4) is 0 Å². The Bertz CT molecular complexity index is 1240. The number of amides is 1. The van der Waals surface area contributed by atoms with Crippen molar-refractivity contribution in [3.63, 3.8) is 0 Å². The molecule has 0 saturated carbocycles. The molecule has 32 heavy (non-hydrogen) atoms. The van der Waals surface area contributed by atoms with Crippen LogP contribution in [0, 0.1) is 11.6 Å². The summed E-state index contributed by atoms with van der Waals surface area (Å²) in [5.41, 5.74) is -0.555. The topological polar surface area (TPSA) is 76.1 Å². The number of aliphatic hydroxyl groups excluding tert-OH is 1. The molecule has 1 N–H and O–H groups in total. The molecule has 1 unspecified atom stereocenters. The minimum atomic E-state index is -1.16. The van der Waals surface area contributed by atoms with E-state index in [0.29, 0.717) is 10.6 Å². The highest BCUT2D eigenvalue weighted by atomic mass is 32.1. The van der Waals surface area contributed by atoms with Gasteiger partial charge in [0.1, 0.15) is 34.9 Å². The van der Waals surface area contributed by atoms with Crippen molar-refractivity contribution < 1.29 is 33.0 Å². The van der Waals surface area contributed by atoms with Crippen LogP contribution in [0.25, 0.3) is 5.76 Å². The summed E-state index contributed by atoms with van der Waals surface area (Å²) in [5.74, 6) is -3.68. The van der Waals surface area contributed by atoms with E-state index < -0.39 is 40.8 Å². The molecule has 164 valence electrons. The maximum Gasteiger partial charge on any atom is 0.300 e. The van der Waals surface area contributed by atoms with Crippen LogP contribution in [0.1, 0.15) is 16.5 Å². The summed E-state index contributed by atoms with van der Waals surface area (Å²) >= 11 is 1.20. The van der Waals surface area contributed by atoms with Crippen LogP contribution >= 0.6 is 11.3 Å². The maximum absolute atomic E-state index is 14.6. The van der Waals surface area contributed by atoms with Gasteiger partial charge in [-0.15, -0.1) is 11.3 Å². The Morgan fingerprint density at radius 2 is 1.84 bits per heavy atom. The Kier molecular flexibility index (Phi) is 5.67. The van der Waals surface area contributed by atoms with Gasteiger partial charge in [0.15, 0.2) is 0 Å². The number of ketones is 1. The largest absolute Gasteiger partial charge is 0.507 e. The lowest BCUT2D eigenvalue weighted by atomic mass is 9.99. The van der Waals surface area contributed by atoms with Gasteiger partial charge < -0.3 is 14.6 Å². The lowest BCUT2D eigenvalue weighted by Gasteiger charge is -2.24. The zero-order chi connectivity index (χ0) is 23.0. The minimum absolute atomic E-state index is 0.117. The molecule has 4 rings (SSSR count). The number of benzene rings is 2. The molecular formula is C23H17F2NO5S. The van der Waals surface area contributed by atoms with Gasteiger partial charge in [0.2, 0.25) is 0 Å². The average Bonchev–Trinajstić information content (AvgIpc) is 3.41. The number of halogens is 2. The number of thiophene rings is 1. The van der Waals surface area contributed by atoms with E-state index >= 15 is 0 Å². The molecule has 2 heterocycles. The lowest BCUT2D eigenvalue weighted by Crippen LogP contribution is -2.30. The van der Waals surface area contributed by atoms with E-state index in [1.807, 2.05) is 0 Å². The molecule has 1 amide bonds. The molecule has 1 aliphatic heterocycles. The van der Waals surface area contributed by atoms with E-state index in [4.69, 9.17) is 9.47 Å². The molecule has 0 aliphatic carbocycles. The van der Waals surface area contributed by atoms with Crippen LogP contribution in [0.4, 0.5) is 14.5 Å². The van der Waals surface area contributed by atoms with Crippen LogP contribution in [-0.4, -0.2) is 31.0 Å². The Balaban J connectivity index is 1.99. The predicted molar refractivity (Wildman–Crippen MR) is 115 cm³/mol. The number of aliphatic hydroxyl groups is 1. The van der Waals surface area contributed by atoms with Crippen molar-refractivity contribution in [2.45, 2.75) is 6.04 Å². The van der Waals surface area contributed by atoms with Crippen molar-refractivity contribution in [2.24, 2.45) is 0 Å². The normalized spacial score (nSPS) is 17.6. The Morgan fingerprint density at radius 1 is 1.06 bits per heavy atom. The van der Waals surface area contributed by atoms with Gasteiger partial charge in [0, 0.05) is 10.9 Å². The van der Waals surface area contributed by atoms with Crippen molar-refractivity contribution in [1.29, 1.82) is 0 Å². The summed E-state index contributed by atoms with van der Waals surface area (Å²) in [4.78, 5) is 27.4. The smallest absolute Gasteiger partial charge is 0.300 e. The molecule has 1 fully saturated rings. The molecule has 0 bridgehead atoms. The van der Waals surface area contributed by atoms with E-state index in [9.17, 15) is 23.5 Å². The second-order valence-electron chi connectivity index (χ2n) is 6.85. The summed E-state index contributed by atoms with van der Waals surface area (Å²) in [7, 11) is 2.82. The molecular weight excluding hydrogens is 440 g/mol. The summed E-state index contributed by atoms with van der Waals surface area (Å²) in [6, 6.07) is 9.39. The molecule has 1 aromatic heterocycles. The average molecular weight is 457 g/mol. The zero-order valence-electron chi connectivity index (χ0n) is 17.0. The number of ether oxygens (including phenoxy) is 2. The number of methoxy groups -OCH3 is 2. The van der Waals surface area contributed by atoms with Gasteiger partial charge in [-0.1, -0.05) is 6.07 Å². The lowest BCUT2D eigenvalue weighted by molar-refractivity contribution is -0.132. The minimum Gasteiger partial charge on any atom is -0.507 e. The third kappa shape index (κ3) is 3.50. The van der Waals surface area contributed by atoms with Crippen molar-refractivity contribution in [3.8, 4) is 11.5 Å². The Labute approximate surface area is 185 Å². The highest BCUT2D eigenvalue weighted by Crippen LogP contribution is 2.45. The summed E-state index contributed by atoms with van der Waals surface area (Å²) in [5, 5.41) is 12.9. The van der Waals surface area contributed by atoms with Gasteiger partial charge in [-0.25, -0.2) is 8.78 Å². The second-order valence-corrected chi connectivity index (χ2v) is 7.83. The van der Waals surface area contributed by atoms with Gasteiger partial charge in [0.25, 0.3) is 11.7 Å². The number of hydrogen-bond donors (Lipinski definition) is 1. The Morgan fingerprint density at radius 3 is 2.50 bits per heavy atom. The van der Waals surface area contributed by atoms with E-state index in [0.717, 1.165) is 23.1 Å². The fraction of sp³-hybridized carbons (Fsp3) is 0.130. The molecule has 0 spiro atoms. The standard InChI is InChI=1S/C23H17F2NO5S/c1-30-13-6-8-17(31-2)14(11-13)21(27)19-20(18-4-3-9-32-18)26(23(29)22(19)28)16-10-12(24)5-7-15(16)25/h3-11,20,27H,1-2H3/b21-19-. The third-order valence-electron chi connectivity index (χ3n) is 5.09. The monoisotopic (exact) mass is 457 g/mol. The molecule has 2 aromatic carbocycles. The van der Waals surface area contributed by atoms with Crippen LogP contribution < -0.4 is 14.4 Å². The number of carbonyl (C=O) groups excluding carboxylic acids is 2. The quantitative estimate of drug-likeness (QED) is 0.342. The van der Waals surface area contributed by atoms with Crippen LogP contribution in [0.2, 0.25) is 0 Å². The fourth-order valence-electron chi connectivity index (χ4n) is 3.61. The number of carbonyl (C=O) groups is 2. The first kappa shape index (κ1) is 21.5. The summed E-state index contributed by atoms with van der Waals surface area (Å²) in [6.07, 6.45) is 0. The van der Waals surface area contributed by atoms with E-state index in [2.05, 4.69) is 0 Å². The summed E-state index contributed by atoms with van der Waals surface area (Å²) < 4.78 is 39.0. The van der Waals surface area contributed by atoms with Gasteiger partial charge >= 0.3 is 0 Å². The predicted octanol–water partition coefficient (Wildman–Crippen LogP) is 4.67. The third-order valence-corrected chi connectivity index (χ3v) is 6.01. The van der Waals surface area contributed by atoms with Crippen molar-refractivity contribution in [3.05, 3.63) is 81.6 Å². The van der Waals surface area contributed by atoms with Gasteiger partial charge in [-0.3, -0.25) is 14.5 Å². The van der Waals surface area contributed by atoms with Crippen molar-refractivity contribution in [2.75, 3.05) is 19.1 Å². The number of hydrogen-bond acceptors (Lipinski definition) is 6. The van der Waals surface area contributed by atoms with Crippen molar-refractivity contribution in [1.82, 2.24) is 0 Å². The number of nitrogens with zero attached hydrogens (tertiary/aromatic N) is 1. The second kappa shape index (κ2) is 8.43. The molecule has 1 aliphatic rings. The molecule has 1 saturated heterocycles. The summed E-state index contributed by atoms with van der Waals surface area (Å²) in [6.45, 7) is 0. The van der Waals surface area contributed by atoms with Crippen LogP contribution in [-0.2, 0) is 9.59 Å². The highest BCUT2D eigenvalue weighted by molar-refractivity contribution is 7.10. The van der Waals surface area contributed by atoms with Gasteiger partial charge in [-0.05, 0) is 41.8 Å². The highest BCUT2D eigenvalue weighted by Gasteiger charge is 2.48. The van der Waals surface area contributed by atoms with Crippen LogP contribution in [0.15, 0.2) is 59.5 Å². The van der Waals surface area contributed by atoms with E-state index in [-0.39, 0.29) is 16.9 Å². The first-order chi connectivity index (χ1) is 15.4. The first-order valence-electron chi connectivity index (χ1n) is 9.39. The van der Waals surface area contributed by atoms with E-state index in [1.54, 1.807) is 23.6 Å². The molecule has 3 aromatic rings. The van der Waals surface area contributed by atoms with E-state index in [1.165, 1.54) is 37.7 Å². The Hall–Kier alpha value is -3.72. The molecule has 9 heteroatoms. The van der Waals surface area contributed by atoms with Crippen molar-refractivity contribution >= 4 is 34.5 Å².